The van der Waals surface area contributed by atoms with Crippen LogP contribution in [0.1, 0.15) is 57.1 Å². The third-order valence-corrected chi connectivity index (χ3v) is 5.66. The maximum atomic E-state index is 12.5. The van der Waals surface area contributed by atoms with Crippen LogP contribution >= 0.6 is 0 Å². The number of hydrogen-bond acceptors (Lipinski definition) is 4. The highest BCUT2D eigenvalue weighted by atomic mass is 16.5. The maximum Gasteiger partial charge on any atom is 0.407 e. The lowest BCUT2D eigenvalue weighted by Gasteiger charge is -2.26. The predicted molar refractivity (Wildman–Crippen MR) is 121 cm³/mol. The Bertz CT molecular complexity index is 956. The van der Waals surface area contributed by atoms with Crippen LogP contribution in [-0.2, 0) is 14.3 Å². The Morgan fingerprint density at radius 2 is 1.59 bits per heavy atom. The number of ether oxygens (including phenoxy) is 1. The summed E-state index contributed by atoms with van der Waals surface area (Å²) in [6, 6.07) is 15.8. The van der Waals surface area contributed by atoms with E-state index in [4.69, 9.17) is 9.84 Å². The Hall–Kier alpha value is -3.35. The lowest BCUT2D eigenvalue weighted by Crippen LogP contribution is -2.47. The summed E-state index contributed by atoms with van der Waals surface area (Å²) in [4.78, 5) is 35.7. The molecule has 32 heavy (non-hydrogen) atoms. The molecule has 0 unspecified atom stereocenters. The third kappa shape index (κ3) is 5.66. The Balaban J connectivity index is 1.56. The summed E-state index contributed by atoms with van der Waals surface area (Å²) in [7, 11) is 0. The van der Waals surface area contributed by atoms with E-state index in [-0.39, 0.29) is 31.3 Å². The van der Waals surface area contributed by atoms with Crippen molar-refractivity contribution < 1.29 is 24.2 Å². The van der Waals surface area contributed by atoms with Gasteiger partial charge in [0.25, 0.3) is 0 Å². The summed E-state index contributed by atoms with van der Waals surface area (Å²) >= 11 is 0. The summed E-state index contributed by atoms with van der Waals surface area (Å²) in [5, 5.41) is 14.4. The van der Waals surface area contributed by atoms with Crippen LogP contribution in [0.2, 0.25) is 0 Å². The Morgan fingerprint density at radius 3 is 2.12 bits per heavy atom. The Kier molecular flexibility index (Phi) is 7.18. The van der Waals surface area contributed by atoms with Crippen molar-refractivity contribution in [2.45, 2.75) is 57.5 Å². The number of benzene rings is 2. The van der Waals surface area contributed by atoms with Crippen LogP contribution in [0.15, 0.2) is 48.5 Å². The number of fused-ring (bicyclic) bond motifs is 3. The van der Waals surface area contributed by atoms with Gasteiger partial charge in [0.15, 0.2) is 0 Å². The fourth-order valence-electron chi connectivity index (χ4n) is 4.18. The SMILES string of the molecule is CC[C@@H](CC(=O)NC(C)(C)CC(=O)O)NC(=O)OCC1c2ccccc2-c2ccccc21. The van der Waals surface area contributed by atoms with E-state index in [9.17, 15) is 14.4 Å². The van der Waals surface area contributed by atoms with Crippen LogP contribution in [0, 0.1) is 0 Å². The maximum absolute atomic E-state index is 12.5. The highest BCUT2D eigenvalue weighted by molar-refractivity contribution is 5.80. The molecular formula is C25H30N2O5. The molecule has 0 radical (unpaired) electrons. The molecule has 1 aliphatic carbocycles. The van der Waals surface area contributed by atoms with E-state index in [0.29, 0.717) is 6.42 Å². The van der Waals surface area contributed by atoms with E-state index in [1.165, 1.54) is 0 Å². The third-order valence-electron chi connectivity index (χ3n) is 5.66. The van der Waals surface area contributed by atoms with Crippen molar-refractivity contribution in [1.29, 1.82) is 0 Å². The van der Waals surface area contributed by atoms with E-state index >= 15 is 0 Å². The molecule has 170 valence electrons. The molecule has 0 bridgehead atoms. The fourth-order valence-corrected chi connectivity index (χ4v) is 4.18. The number of carboxylic acids is 1. The van der Waals surface area contributed by atoms with Crippen molar-refractivity contribution in [3.05, 3.63) is 59.7 Å². The molecule has 2 aromatic carbocycles. The zero-order valence-electron chi connectivity index (χ0n) is 18.7. The topological polar surface area (TPSA) is 105 Å². The molecular weight excluding hydrogens is 408 g/mol. The number of carboxylic acid groups (broad SMARTS) is 1. The van der Waals surface area contributed by atoms with E-state index in [1.807, 2.05) is 31.2 Å². The molecule has 0 aliphatic heterocycles. The zero-order chi connectivity index (χ0) is 23.3. The molecule has 1 atom stereocenters. The van der Waals surface area contributed by atoms with Crippen LogP contribution in [-0.4, -0.2) is 41.3 Å². The average Bonchev–Trinajstić information content (AvgIpc) is 3.04. The zero-order valence-corrected chi connectivity index (χ0v) is 18.7. The minimum absolute atomic E-state index is 0.0339. The minimum atomic E-state index is -0.987. The van der Waals surface area contributed by atoms with Crippen LogP contribution in [0.4, 0.5) is 4.79 Å². The Morgan fingerprint density at radius 1 is 1.03 bits per heavy atom. The molecule has 2 amide bonds. The van der Waals surface area contributed by atoms with Gasteiger partial charge in [-0.05, 0) is 42.5 Å². The van der Waals surface area contributed by atoms with Gasteiger partial charge in [0.05, 0.1) is 6.42 Å². The first-order chi connectivity index (χ1) is 15.2. The van der Waals surface area contributed by atoms with Gasteiger partial charge in [0.1, 0.15) is 6.61 Å². The molecule has 0 spiro atoms. The second-order valence-electron chi connectivity index (χ2n) is 8.78. The smallest absolute Gasteiger partial charge is 0.407 e. The van der Waals surface area contributed by atoms with Crippen molar-refractivity contribution in [3.63, 3.8) is 0 Å². The lowest BCUT2D eigenvalue weighted by atomic mass is 9.98. The molecule has 0 saturated heterocycles. The molecule has 7 heteroatoms. The number of amides is 2. The van der Waals surface area contributed by atoms with E-state index in [1.54, 1.807) is 13.8 Å². The van der Waals surface area contributed by atoms with E-state index in [0.717, 1.165) is 22.3 Å². The van der Waals surface area contributed by atoms with Gasteiger partial charge in [-0.3, -0.25) is 9.59 Å². The average molecular weight is 439 g/mol. The molecule has 0 saturated carbocycles. The highest BCUT2D eigenvalue weighted by Crippen LogP contribution is 2.44. The summed E-state index contributed by atoms with van der Waals surface area (Å²) in [5.41, 5.74) is 3.71. The van der Waals surface area contributed by atoms with Gasteiger partial charge in [0.2, 0.25) is 5.91 Å². The summed E-state index contributed by atoms with van der Waals surface area (Å²) < 4.78 is 5.55. The van der Waals surface area contributed by atoms with E-state index in [2.05, 4.69) is 34.9 Å². The van der Waals surface area contributed by atoms with Crippen LogP contribution < -0.4 is 10.6 Å². The monoisotopic (exact) mass is 438 g/mol. The van der Waals surface area contributed by atoms with Crippen molar-refractivity contribution in [1.82, 2.24) is 10.6 Å². The van der Waals surface area contributed by atoms with Gasteiger partial charge in [-0.1, -0.05) is 55.5 Å². The van der Waals surface area contributed by atoms with Crippen LogP contribution in [0.3, 0.4) is 0 Å². The molecule has 3 N–H and O–H groups in total. The standard InChI is InChI=1S/C25H30N2O5/c1-4-16(13-22(28)27-25(2,3)14-23(29)30)26-24(31)32-15-21-19-11-7-5-9-17(19)18-10-6-8-12-20(18)21/h5-12,16,21H,4,13-15H2,1-3H3,(H,26,31)(H,27,28)(H,29,30)/t16-/m0/s1. The predicted octanol–water partition coefficient (Wildman–Crippen LogP) is 4.06. The summed E-state index contributed by atoms with van der Waals surface area (Å²) in [6.07, 6.45) is -0.174. The van der Waals surface area contributed by atoms with Gasteiger partial charge in [0, 0.05) is 23.9 Å². The number of aliphatic carboxylic acids is 1. The molecule has 7 nitrogen and oxygen atoms in total. The molecule has 0 fully saturated rings. The summed E-state index contributed by atoms with van der Waals surface area (Å²) in [6.45, 7) is 5.37. The van der Waals surface area contributed by atoms with Gasteiger partial charge in [-0.2, -0.15) is 0 Å². The van der Waals surface area contributed by atoms with Crippen molar-refractivity contribution >= 4 is 18.0 Å². The fraction of sp³-hybridized carbons (Fsp3) is 0.400. The lowest BCUT2D eigenvalue weighted by molar-refractivity contribution is -0.138. The van der Waals surface area contributed by atoms with E-state index < -0.39 is 23.6 Å². The second kappa shape index (κ2) is 9.85. The highest BCUT2D eigenvalue weighted by Gasteiger charge is 2.29. The number of rotatable bonds is 9. The number of hydrogen-bond donors (Lipinski definition) is 3. The van der Waals surface area contributed by atoms with Gasteiger partial charge in [-0.15, -0.1) is 0 Å². The molecule has 0 heterocycles. The normalized spacial score (nSPS) is 13.6. The minimum Gasteiger partial charge on any atom is -0.481 e. The second-order valence-corrected chi connectivity index (χ2v) is 8.78. The molecule has 1 aliphatic rings. The largest absolute Gasteiger partial charge is 0.481 e. The van der Waals surface area contributed by atoms with Crippen LogP contribution in [0.5, 0.6) is 0 Å². The van der Waals surface area contributed by atoms with Crippen molar-refractivity contribution in [2.75, 3.05) is 6.61 Å². The first kappa shape index (κ1) is 23.3. The number of carbonyl (C=O) groups excluding carboxylic acids is 2. The van der Waals surface area contributed by atoms with Gasteiger partial charge < -0.3 is 20.5 Å². The number of nitrogens with one attached hydrogen (secondary N) is 2. The van der Waals surface area contributed by atoms with Crippen molar-refractivity contribution in [2.24, 2.45) is 0 Å². The van der Waals surface area contributed by atoms with Gasteiger partial charge in [-0.25, -0.2) is 4.79 Å². The first-order valence-corrected chi connectivity index (χ1v) is 10.8. The van der Waals surface area contributed by atoms with Gasteiger partial charge >= 0.3 is 12.1 Å². The van der Waals surface area contributed by atoms with Crippen molar-refractivity contribution in [3.8, 4) is 11.1 Å². The van der Waals surface area contributed by atoms with Crippen LogP contribution in [0.25, 0.3) is 11.1 Å². The summed E-state index contributed by atoms with van der Waals surface area (Å²) in [5.74, 6) is -1.34. The molecule has 0 aromatic heterocycles. The quantitative estimate of drug-likeness (QED) is 0.548. The molecule has 2 aromatic rings. The first-order valence-electron chi connectivity index (χ1n) is 10.8. The number of alkyl carbamates (subject to hydrolysis) is 1. The Labute approximate surface area is 188 Å². The number of carbonyl (C=O) groups is 3. The molecule has 3 rings (SSSR count).